The lowest BCUT2D eigenvalue weighted by molar-refractivity contribution is -0.125. The molecule has 0 unspecified atom stereocenters. The molecule has 3 heterocycles. The first kappa shape index (κ1) is 16.0. The van der Waals surface area contributed by atoms with E-state index in [1.165, 1.54) is 4.40 Å². The predicted octanol–water partition coefficient (Wildman–Crippen LogP) is 1.31. The quantitative estimate of drug-likeness (QED) is 0.919. The van der Waals surface area contributed by atoms with Crippen LogP contribution in [-0.4, -0.2) is 40.3 Å². The van der Waals surface area contributed by atoms with Gasteiger partial charge in [-0.3, -0.25) is 18.9 Å². The third-order valence-electron chi connectivity index (χ3n) is 4.27. The zero-order valence-corrected chi connectivity index (χ0v) is 13.7. The molecule has 2 aromatic rings. The number of halogens is 1. The number of nitrogens with one attached hydrogen (secondary N) is 1. The van der Waals surface area contributed by atoms with E-state index in [1.54, 1.807) is 31.4 Å². The van der Waals surface area contributed by atoms with E-state index in [9.17, 15) is 9.59 Å². The molecule has 0 aliphatic carbocycles. The van der Waals surface area contributed by atoms with Gasteiger partial charge in [0.25, 0.3) is 5.56 Å². The fourth-order valence-corrected chi connectivity index (χ4v) is 3.15. The number of likely N-dealkylation sites (tertiary alicyclic amines) is 1. The Labute approximate surface area is 139 Å². The number of rotatable bonds is 3. The van der Waals surface area contributed by atoms with Gasteiger partial charge >= 0.3 is 0 Å². The second-order valence-electron chi connectivity index (χ2n) is 5.83. The van der Waals surface area contributed by atoms with Crippen LogP contribution in [-0.2, 0) is 11.3 Å². The van der Waals surface area contributed by atoms with Crippen LogP contribution in [0.5, 0.6) is 0 Å². The van der Waals surface area contributed by atoms with Crippen LogP contribution in [0.4, 0.5) is 0 Å². The van der Waals surface area contributed by atoms with Gasteiger partial charge in [-0.1, -0.05) is 11.6 Å². The number of hydrogen-bond acceptors (Lipinski definition) is 4. The second kappa shape index (κ2) is 6.68. The van der Waals surface area contributed by atoms with Crippen molar-refractivity contribution >= 4 is 23.2 Å². The summed E-state index contributed by atoms with van der Waals surface area (Å²) < 4.78 is 1.45. The first-order chi connectivity index (χ1) is 11.1. The Balaban J connectivity index is 1.72. The van der Waals surface area contributed by atoms with E-state index in [0.717, 1.165) is 31.6 Å². The minimum atomic E-state index is -0.132. The van der Waals surface area contributed by atoms with Gasteiger partial charge in [0.2, 0.25) is 5.91 Å². The van der Waals surface area contributed by atoms with Gasteiger partial charge in [0.1, 0.15) is 5.65 Å². The first-order valence-corrected chi connectivity index (χ1v) is 8.06. The molecule has 0 bridgehead atoms. The van der Waals surface area contributed by atoms with Crippen LogP contribution in [0.25, 0.3) is 5.65 Å². The first-order valence-electron chi connectivity index (χ1n) is 7.68. The molecule has 0 spiro atoms. The number of nitrogens with zero attached hydrogens (tertiary/aromatic N) is 3. The number of fused-ring (bicyclic) bond motifs is 1. The van der Waals surface area contributed by atoms with Gasteiger partial charge in [-0.25, -0.2) is 4.98 Å². The maximum Gasteiger partial charge on any atom is 0.258 e. The van der Waals surface area contributed by atoms with Crippen LogP contribution >= 0.6 is 11.6 Å². The van der Waals surface area contributed by atoms with Crippen molar-refractivity contribution in [3.8, 4) is 0 Å². The van der Waals surface area contributed by atoms with E-state index in [2.05, 4.69) is 15.2 Å². The van der Waals surface area contributed by atoms with Gasteiger partial charge in [0.05, 0.1) is 10.7 Å². The maximum absolute atomic E-state index is 12.2. The molecule has 6 nitrogen and oxygen atoms in total. The molecule has 1 fully saturated rings. The lowest BCUT2D eigenvalue weighted by atomic mass is 9.96. The van der Waals surface area contributed by atoms with E-state index >= 15 is 0 Å². The lowest BCUT2D eigenvalue weighted by Crippen LogP contribution is -2.39. The molecule has 7 heteroatoms. The highest BCUT2D eigenvalue weighted by Crippen LogP contribution is 2.18. The van der Waals surface area contributed by atoms with Crippen molar-refractivity contribution in [3.63, 3.8) is 0 Å². The average Bonchev–Trinajstić information content (AvgIpc) is 2.55. The van der Waals surface area contributed by atoms with Crippen molar-refractivity contribution in [1.82, 2.24) is 19.6 Å². The highest BCUT2D eigenvalue weighted by Gasteiger charge is 2.24. The van der Waals surface area contributed by atoms with Crippen LogP contribution < -0.4 is 10.9 Å². The van der Waals surface area contributed by atoms with E-state index < -0.39 is 0 Å². The van der Waals surface area contributed by atoms with Crippen molar-refractivity contribution in [3.05, 3.63) is 45.5 Å². The Bertz CT molecular complexity index is 781. The van der Waals surface area contributed by atoms with Crippen LogP contribution in [0.15, 0.2) is 29.2 Å². The van der Waals surface area contributed by atoms with E-state index in [-0.39, 0.29) is 17.4 Å². The molecular formula is C16H19ClN4O2. The Morgan fingerprint density at radius 3 is 2.83 bits per heavy atom. The molecular weight excluding hydrogens is 316 g/mol. The third kappa shape index (κ3) is 3.54. The van der Waals surface area contributed by atoms with Gasteiger partial charge in [0, 0.05) is 31.8 Å². The number of carbonyl (C=O) groups is 1. The van der Waals surface area contributed by atoms with Gasteiger partial charge in [-0.2, -0.15) is 0 Å². The summed E-state index contributed by atoms with van der Waals surface area (Å²) >= 11 is 5.91. The SMILES string of the molecule is CNC(=O)C1CCN(Cc2cc(=O)n3cc(Cl)ccc3n2)CC1. The van der Waals surface area contributed by atoms with Crippen LogP contribution in [0.3, 0.4) is 0 Å². The third-order valence-corrected chi connectivity index (χ3v) is 4.49. The van der Waals surface area contributed by atoms with E-state index in [1.807, 2.05) is 0 Å². The minimum absolute atomic E-state index is 0.0913. The zero-order valence-electron chi connectivity index (χ0n) is 13.0. The van der Waals surface area contributed by atoms with E-state index in [0.29, 0.717) is 17.2 Å². The monoisotopic (exact) mass is 334 g/mol. The normalized spacial score (nSPS) is 16.6. The molecule has 0 saturated carbocycles. The molecule has 1 amide bonds. The van der Waals surface area contributed by atoms with Crippen molar-refractivity contribution in [2.45, 2.75) is 19.4 Å². The molecule has 122 valence electrons. The zero-order chi connectivity index (χ0) is 16.4. The summed E-state index contributed by atoms with van der Waals surface area (Å²) in [5, 5.41) is 3.21. The Morgan fingerprint density at radius 2 is 2.13 bits per heavy atom. The number of piperidine rings is 1. The Kier molecular flexibility index (Phi) is 4.63. The molecule has 0 atom stereocenters. The standard InChI is InChI=1S/C16H19ClN4O2/c1-18-16(23)11-4-6-20(7-5-11)10-13-8-15(22)21-9-12(17)2-3-14(21)19-13/h2-3,8-9,11H,4-7,10H2,1H3,(H,18,23). The molecule has 3 rings (SSSR count). The summed E-state index contributed by atoms with van der Waals surface area (Å²) in [6.07, 6.45) is 3.24. The summed E-state index contributed by atoms with van der Waals surface area (Å²) in [4.78, 5) is 30.6. The number of amides is 1. The number of aromatic nitrogens is 2. The molecule has 23 heavy (non-hydrogen) atoms. The summed E-state index contributed by atoms with van der Waals surface area (Å²) in [6.45, 7) is 2.29. The predicted molar refractivity (Wildman–Crippen MR) is 88.5 cm³/mol. The fraction of sp³-hybridized carbons (Fsp3) is 0.438. The van der Waals surface area contributed by atoms with Gasteiger partial charge in [-0.15, -0.1) is 0 Å². The average molecular weight is 335 g/mol. The molecule has 1 saturated heterocycles. The molecule has 2 aromatic heterocycles. The topological polar surface area (TPSA) is 66.7 Å². The van der Waals surface area contributed by atoms with Crippen molar-refractivity contribution in [1.29, 1.82) is 0 Å². The lowest BCUT2D eigenvalue weighted by Gasteiger charge is -2.30. The minimum Gasteiger partial charge on any atom is -0.359 e. The summed E-state index contributed by atoms with van der Waals surface area (Å²) in [6, 6.07) is 5.02. The number of hydrogen-bond donors (Lipinski definition) is 1. The van der Waals surface area contributed by atoms with Crippen molar-refractivity contribution < 1.29 is 4.79 Å². The van der Waals surface area contributed by atoms with Crippen LogP contribution in [0.1, 0.15) is 18.5 Å². The van der Waals surface area contributed by atoms with Gasteiger partial charge in [0.15, 0.2) is 0 Å². The number of pyridine rings is 1. The number of carbonyl (C=O) groups excluding carboxylic acids is 1. The van der Waals surface area contributed by atoms with Gasteiger partial charge in [-0.05, 0) is 38.1 Å². The highest BCUT2D eigenvalue weighted by atomic mass is 35.5. The Hall–Kier alpha value is -1.92. The Morgan fingerprint density at radius 1 is 1.39 bits per heavy atom. The largest absolute Gasteiger partial charge is 0.359 e. The molecule has 1 aliphatic heterocycles. The second-order valence-corrected chi connectivity index (χ2v) is 6.26. The molecule has 0 radical (unpaired) electrons. The summed E-state index contributed by atoms with van der Waals surface area (Å²) in [7, 11) is 1.67. The maximum atomic E-state index is 12.2. The van der Waals surface area contributed by atoms with Crippen LogP contribution in [0.2, 0.25) is 5.02 Å². The fourth-order valence-electron chi connectivity index (χ4n) is 2.99. The van der Waals surface area contributed by atoms with Gasteiger partial charge < -0.3 is 5.32 Å². The highest BCUT2D eigenvalue weighted by molar-refractivity contribution is 6.30. The van der Waals surface area contributed by atoms with Crippen LogP contribution in [0, 0.1) is 5.92 Å². The smallest absolute Gasteiger partial charge is 0.258 e. The molecule has 1 aliphatic rings. The summed E-state index contributed by atoms with van der Waals surface area (Å²) in [5.74, 6) is 0.206. The van der Waals surface area contributed by atoms with Crippen molar-refractivity contribution in [2.75, 3.05) is 20.1 Å². The van der Waals surface area contributed by atoms with Crippen molar-refractivity contribution in [2.24, 2.45) is 5.92 Å². The summed E-state index contributed by atoms with van der Waals surface area (Å²) in [5.41, 5.74) is 1.21. The molecule has 1 N–H and O–H groups in total. The molecule has 0 aromatic carbocycles. The van der Waals surface area contributed by atoms with E-state index in [4.69, 9.17) is 11.6 Å².